The number of nitrogens with zero attached hydrogens (tertiary/aromatic N) is 3. The van der Waals surface area contributed by atoms with Crippen LogP contribution in [-0.4, -0.2) is 28.2 Å². The second kappa shape index (κ2) is 9.71. The number of hydrogen-bond acceptors (Lipinski definition) is 6. The molecule has 0 bridgehead atoms. The molecule has 0 aliphatic heterocycles. The average Bonchev–Trinajstić information content (AvgIpc) is 3.10. The minimum Gasteiger partial charge on any atom is -0.296 e. The molecule has 2 amide bonds. The number of rotatable bonds is 6. The van der Waals surface area contributed by atoms with Gasteiger partial charge in [0.2, 0.25) is 11.0 Å². The highest BCUT2D eigenvalue weighted by Crippen LogP contribution is 2.18. The minimum atomic E-state index is -0.336. The molecule has 3 rings (SSSR count). The van der Waals surface area contributed by atoms with E-state index in [1.165, 1.54) is 6.21 Å². The Morgan fingerprint density at radius 2 is 1.89 bits per heavy atom. The van der Waals surface area contributed by atoms with Gasteiger partial charge in [-0.1, -0.05) is 47.2 Å². The summed E-state index contributed by atoms with van der Waals surface area (Å²) in [5.74, 6) is -0.610. The van der Waals surface area contributed by atoms with E-state index in [9.17, 15) is 9.59 Å². The summed E-state index contributed by atoms with van der Waals surface area (Å²) in [6.07, 6.45) is 1.52. The molecule has 1 heterocycles. The highest BCUT2D eigenvalue weighted by atomic mass is 127. The lowest BCUT2D eigenvalue weighted by Crippen LogP contribution is -2.19. The number of carbonyl (C=O) groups is 2. The molecule has 7 nitrogen and oxygen atoms in total. The van der Waals surface area contributed by atoms with Crippen molar-refractivity contribution in [2.24, 2.45) is 5.10 Å². The zero-order chi connectivity index (χ0) is 19.9. The molecule has 142 valence electrons. The van der Waals surface area contributed by atoms with Gasteiger partial charge < -0.3 is 0 Å². The Kier molecular flexibility index (Phi) is 7.06. The first kappa shape index (κ1) is 20.4. The summed E-state index contributed by atoms with van der Waals surface area (Å²) in [5.41, 5.74) is 3.78. The summed E-state index contributed by atoms with van der Waals surface area (Å²) in [5, 5.41) is 15.8. The van der Waals surface area contributed by atoms with Crippen LogP contribution in [0.15, 0.2) is 53.6 Å². The molecule has 2 N–H and O–H groups in total. The van der Waals surface area contributed by atoms with Crippen LogP contribution in [0.3, 0.4) is 0 Å². The number of anilines is 1. The van der Waals surface area contributed by atoms with Crippen LogP contribution >= 0.6 is 45.5 Å². The van der Waals surface area contributed by atoms with E-state index in [4.69, 9.17) is 11.6 Å². The zero-order valence-electron chi connectivity index (χ0n) is 14.2. The van der Waals surface area contributed by atoms with Crippen molar-refractivity contribution in [3.05, 3.63) is 73.3 Å². The van der Waals surface area contributed by atoms with Gasteiger partial charge >= 0.3 is 0 Å². The minimum absolute atomic E-state index is 0.00830. The molecule has 0 unspecified atom stereocenters. The normalized spacial score (nSPS) is 10.8. The second-order valence-electron chi connectivity index (χ2n) is 5.46. The Hall–Kier alpha value is -2.37. The Morgan fingerprint density at radius 3 is 2.64 bits per heavy atom. The first-order chi connectivity index (χ1) is 13.5. The maximum absolute atomic E-state index is 12.3. The Balaban J connectivity index is 1.52. The van der Waals surface area contributed by atoms with Crippen molar-refractivity contribution in [2.45, 2.75) is 6.42 Å². The van der Waals surface area contributed by atoms with Gasteiger partial charge in [-0.2, -0.15) is 5.10 Å². The predicted molar refractivity (Wildman–Crippen MR) is 118 cm³/mol. The van der Waals surface area contributed by atoms with E-state index < -0.39 is 0 Å². The molecule has 0 atom stereocenters. The second-order valence-corrected chi connectivity index (χ2v) is 8.12. The van der Waals surface area contributed by atoms with E-state index in [2.05, 4.69) is 48.6 Å². The van der Waals surface area contributed by atoms with Crippen molar-refractivity contribution in [1.29, 1.82) is 0 Å². The number of hydrogen-bond donors (Lipinski definition) is 2. The average molecular weight is 526 g/mol. The summed E-state index contributed by atoms with van der Waals surface area (Å²) in [6.45, 7) is 0. The van der Waals surface area contributed by atoms with Gasteiger partial charge in [-0.05, 0) is 52.4 Å². The Labute approximate surface area is 183 Å². The number of benzene rings is 2. The molecule has 0 aliphatic rings. The molecule has 0 saturated heterocycles. The van der Waals surface area contributed by atoms with Crippen LogP contribution in [0.1, 0.15) is 20.9 Å². The third-order valence-corrected chi connectivity index (χ3v) is 5.42. The largest absolute Gasteiger partial charge is 0.296 e. The lowest BCUT2D eigenvalue weighted by molar-refractivity contribution is -0.120. The van der Waals surface area contributed by atoms with E-state index in [0.29, 0.717) is 20.7 Å². The highest BCUT2D eigenvalue weighted by Gasteiger charge is 2.14. The molecular weight excluding hydrogens is 513 g/mol. The van der Waals surface area contributed by atoms with Gasteiger partial charge in [0, 0.05) is 8.59 Å². The monoisotopic (exact) mass is 525 g/mol. The van der Waals surface area contributed by atoms with E-state index in [1.54, 1.807) is 36.4 Å². The lowest BCUT2D eigenvalue weighted by atomic mass is 10.2. The molecule has 0 radical (unpaired) electrons. The summed E-state index contributed by atoms with van der Waals surface area (Å²) in [4.78, 5) is 24.2. The third kappa shape index (κ3) is 5.81. The third-order valence-electron chi connectivity index (χ3n) is 3.39. The zero-order valence-corrected chi connectivity index (χ0v) is 18.0. The summed E-state index contributed by atoms with van der Waals surface area (Å²) >= 11 is 9.04. The molecule has 0 aliphatic carbocycles. The first-order valence-electron chi connectivity index (χ1n) is 7.97. The van der Waals surface area contributed by atoms with E-state index in [-0.39, 0.29) is 18.2 Å². The molecule has 1 aromatic heterocycles. The summed E-state index contributed by atoms with van der Waals surface area (Å²) in [7, 11) is 0. The highest BCUT2D eigenvalue weighted by molar-refractivity contribution is 14.1. The van der Waals surface area contributed by atoms with E-state index in [0.717, 1.165) is 20.5 Å². The molecule has 10 heteroatoms. The van der Waals surface area contributed by atoms with E-state index in [1.807, 2.05) is 12.1 Å². The fourth-order valence-electron chi connectivity index (χ4n) is 2.09. The smallest absolute Gasteiger partial charge is 0.258 e. The predicted octanol–water partition coefficient (Wildman–Crippen LogP) is 3.74. The van der Waals surface area contributed by atoms with Gasteiger partial charge in [-0.3, -0.25) is 14.9 Å². The van der Waals surface area contributed by atoms with Crippen molar-refractivity contribution in [3.8, 4) is 0 Å². The van der Waals surface area contributed by atoms with Gasteiger partial charge in [0.05, 0.1) is 18.2 Å². The number of nitrogens with one attached hydrogen (secondary N) is 2. The maximum Gasteiger partial charge on any atom is 0.258 e. The van der Waals surface area contributed by atoms with Crippen LogP contribution in [0.4, 0.5) is 5.13 Å². The maximum atomic E-state index is 12.3. The summed E-state index contributed by atoms with van der Waals surface area (Å²) in [6, 6.07) is 14.3. The van der Waals surface area contributed by atoms with Crippen molar-refractivity contribution in [2.75, 3.05) is 5.32 Å². The number of aromatic nitrogens is 2. The molecule has 2 aromatic carbocycles. The van der Waals surface area contributed by atoms with Crippen LogP contribution in [0.2, 0.25) is 5.02 Å². The lowest BCUT2D eigenvalue weighted by Gasteiger charge is -2.02. The molecule has 28 heavy (non-hydrogen) atoms. The van der Waals surface area contributed by atoms with Gasteiger partial charge in [0.1, 0.15) is 5.01 Å². The standard InChI is InChI=1S/C18H13ClIN5O2S/c19-12-7-5-11(6-8-12)10-21-23-15(26)9-16-24-25-18(28-16)22-17(27)13-3-1-2-4-14(13)20/h1-8,10H,9H2,(H,23,26)(H,22,25,27)/b21-10-. The topological polar surface area (TPSA) is 96.3 Å². The van der Waals surface area contributed by atoms with Crippen LogP contribution in [0.5, 0.6) is 0 Å². The molecular formula is C18H13ClIN5O2S. The molecule has 0 spiro atoms. The van der Waals surface area contributed by atoms with Crippen LogP contribution < -0.4 is 10.7 Å². The number of carbonyl (C=O) groups excluding carboxylic acids is 2. The first-order valence-corrected chi connectivity index (χ1v) is 10.2. The molecule has 0 saturated carbocycles. The number of amides is 2. The molecule has 0 fully saturated rings. The quantitative estimate of drug-likeness (QED) is 0.291. The fraction of sp³-hybridized carbons (Fsp3) is 0.0556. The van der Waals surface area contributed by atoms with Crippen molar-refractivity contribution in [1.82, 2.24) is 15.6 Å². The van der Waals surface area contributed by atoms with Gasteiger partial charge in [-0.15, -0.1) is 10.2 Å². The fourth-order valence-corrected chi connectivity index (χ4v) is 3.58. The van der Waals surface area contributed by atoms with E-state index >= 15 is 0 Å². The Morgan fingerprint density at radius 1 is 1.14 bits per heavy atom. The van der Waals surface area contributed by atoms with Gasteiger partial charge in [0.25, 0.3) is 5.91 Å². The Bertz CT molecular complexity index is 1020. The SMILES string of the molecule is O=C(Cc1nnc(NC(=O)c2ccccc2I)s1)N/N=C\c1ccc(Cl)cc1. The van der Waals surface area contributed by atoms with Crippen molar-refractivity contribution < 1.29 is 9.59 Å². The van der Waals surface area contributed by atoms with Gasteiger partial charge in [-0.25, -0.2) is 5.43 Å². The molecule has 3 aromatic rings. The van der Waals surface area contributed by atoms with Gasteiger partial charge in [0.15, 0.2) is 0 Å². The number of halogens is 2. The van der Waals surface area contributed by atoms with Crippen molar-refractivity contribution in [3.63, 3.8) is 0 Å². The number of hydrazone groups is 1. The summed E-state index contributed by atoms with van der Waals surface area (Å²) < 4.78 is 0.834. The van der Waals surface area contributed by atoms with Crippen LogP contribution in [0.25, 0.3) is 0 Å². The van der Waals surface area contributed by atoms with Crippen LogP contribution in [0, 0.1) is 3.57 Å². The van der Waals surface area contributed by atoms with Crippen molar-refractivity contribution >= 4 is 68.7 Å². The van der Waals surface area contributed by atoms with Crippen LogP contribution in [-0.2, 0) is 11.2 Å².